The Bertz CT molecular complexity index is 569. The van der Waals surface area contributed by atoms with Crippen LogP contribution in [0.25, 0.3) is 0 Å². The number of hydrogen-bond donors (Lipinski definition) is 0. The average Bonchev–Trinajstić information content (AvgIpc) is 2.60. The number of benzene rings is 1. The van der Waals surface area contributed by atoms with E-state index in [0.29, 0.717) is 22.5 Å². The molecule has 2 rings (SSSR count). The number of methoxy groups -OCH3 is 3. The molecule has 1 aliphatic heterocycles. The van der Waals surface area contributed by atoms with Crippen LogP contribution < -0.4 is 14.2 Å². The third-order valence-corrected chi connectivity index (χ3v) is 5.58. The molecule has 1 aromatic carbocycles. The van der Waals surface area contributed by atoms with Gasteiger partial charge in [0.15, 0.2) is 11.5 Å². The molecule has 0 aromatic heterocycles. The Morgan fingerprint density at radius 3 is 2.00 bits per heavy atom. The van der Waals surface area contributed by atoms with Crippen LogP contribution in [0.4, 0.5) is 0 Å². The highest BCUT2D eigenvalue weighted by Crippen LogP contribution is 2.38. The van der Waals surface area contributed by atoms with Gasteiger partial charge in [0.1, 0.15) is 4.32 Å². The van der Waals surface area contributed by atoms with E-state index in [1.54, 1.807) is 33.1 Å². The summed E-state index contributed by atoms with van der Waals surface area (Å²) in [6.07, 6.45) is 0. The Kier molecular flexibility index (Phi) is 9.85. The molecule has 1 aliphatic rings. The Balaban J connectivity index is 0.00000338. The summed E-state index contributed by atoms with van der Waals surface area (Å²) in [7, 11) is 4.91. The summed E-state index contributed by atoms with van der Waals surface area (Å²) in [4.78, 5) is 4.74. The molecule has 1 saturated heterocycles. The van der Waals surface area contributed by atoms with Gasteiger partial charge in [0.2, 0.25) is 5.75 Å². The Hall–Kier alpha value is -0.890. The van der Waals surface area contributed by atoms with Gasteiger partial charge in [-0.3, -0.25) is 4.90 Å². The third kappa shape index (κ3) is 6.08. The summed E-state index contributed by atoms with van der Waals surface area (Å²) in [5.74, 6) is 2.03. The molecule has 0 unspecified atom stereocenters. The average molecular weight is 421 g/mol. The summed E-state index contributed by atoms with van der Waals surface area (Å²) in [5.41, 5.74) is 1.15. The molecule has 1 aromatic rings. The van der Waals surface area contributed by atoms with Crippen LogP contribution in [0.5, 0.6) is 17.2 Å². The lowest BCUT2D eigenvalue weighted by Gasteiger charge is -2.36. The van der Waals surface area contributed by atoms with Crippen LogP contribution in [0.15, 0.2) is 12.1 Å². The minimum atomic E-state index is 0. The molecule has 148 valence electrons. The predicted molar refractivity (Wildman–Crippen MR) is 116 cm³/mol. The van der Waals surface area contributed by atoms with Gasteiger partial charge in [0.25, 0.3) is 0 Å². The lowest BCUT2D eigenvalue weighted by atomic mass is 10.1. The van der Waals surface area contributed by atoms with Gasteiger partial charge in [-0.1, -0.05) is 37.8 Å². The molecule has 1 fully saturated rings. The zero-order valence-electron chi connectivity index (χ0n) is 16.1. The van der Waals surface area contributed by atoms with E-state index >= 15 is 0 Å². The largest absolute Gasteiger partial charge is 0.493 e. The maximum atomic E-state index is 5.54. The number of piperazine rings is 1. The molecular weight excluding hydrogens is 392 g/mol. The van der Waals surface area contributed by atoms with Gasteiger partial charge in [0, 0.05) is 38.0 Å². The van der Waals surface area contributed by atoms with E-state index in [9.17, 15) is 0 Å². The number of halogens is 1. The van der Waals surface area contributed by atoms with Crippen LogP contribution in [-0.4, -0.2) is 66.9 Å². The number of thioether (sulfide) groups is 1. The van der Waals surface area contributed by atoms with Gasteiger partial charge in [-0.25, -0.2) is 0 Å². The lowest BCUT2D eigenvalue weighted by molar-refractivity contribution is 0.178. The van der Waals surface area contributed by atoms with E-state index in [4.69, 9.17) is 26.4 Å². The molecule has 0 amide bonds. The van der Waals surface area contributed by atoms with Gasteiger partial charge in [-0.2, -0.15) is 0 Å². The van der Waals surface area contributed by atoms with Gasteiger partial charge in [-0.05, 0) is 17.7 Å². The fourth-order valence-corrected chi connectivity index (χ4v) is 4.34. The van der Waals surface area contributed by atoms with E-state index in [1.807, 2.05) is 12.1 Å². The van der Waals surface area contributed by atoms with E-state index in [0.717, 1.165) is 42.6 Å². The lowest BCUT2D eigenvalue weighted by Crippen LogP contribution is -2.47. The summed E-state index contributed by atoms with van der Waals surface area (Å²) in [6.45, 7) is 9.15. The number of hydrogen-bond acceptors (Lipinski definition) is 6. The molecule has 26 heavy (non-hydrogen) atoms. The number of rotatable bonds is 6. The third-order valence-electron chi connectivity index (χ3n) is 4.10. The first kappa shape index (κ1) is 23.1. The van der Waals surface area contributed by atoms with Crippen molar-refractivity contribution in [3.63, 3.8) is 0 Å². The molecule has 0 aliphatic carbocycles. The number of ether oxygens (including phenoxy) is 3. The second kappa shape index (κ2) is 11.1. The van der Waals surface area contributed by atoms with Crippen LogP contribution in [0.1, 0.15) is 19.4 Å². The van der Waals surface area contributed by atoms with Crippen molar-refractivity contribution in [2.45, 2.75) is 25.6 Å². The zero-order valence-corrected chi connectivity index (χ0v) is 18.6. The highest BCUT2D eigenvalue weighted by Gasteiger charge is 2.21. The van der Waals surface area contributed by atoms with Crippen molar-refractivity contribution in [3.05, 3.63) is 17.7 Å². The van der Waals surface area contributed by atoms with Crippen LogP contribution in [0.3, 0.4) is 0 Å². The normalized spacial score (nSPS) is 14.8. The maximum absolute atomic E-state index is 5.54. The molecule has 5 nitrogen and oxygen atoms in total. The van der Waals surface area contributed by atoms with Crippen molar-refractivity contribution in [1.82, 2.24) is 9.80 Å². The second-order valence-corrected chi connectivity index (χ2v) is 8.44. The first-order valence-electron chi connectivity index (χ1n) is 8.45. The molecule has 8 heteroatoms. The fourth-order valence-electron chi connectivity index (χ4n) is 2.85. The summed E-state index contributed by atoms with van der Waals surface area (Å²) >= 11 is 7.31. The summed E-state index contributed by atoms with van der Waals surface area (Å²) in [5, 5.41) is 0.532. The summed E-state index contributed by atoms with van der Waals surface area (Å²) < 4.78 is 17.3. The van der Waals surface area contributed by atoms with Crippen LogP contribution in [0, 0.1) is 0 Å². The van der Waals surface area contributed by atoms with Gasteiger partial charge in [0.05, 0.1) is 21.3 Å². The van der Waals surface area contributed by atoms with E-state index in [2.05, 4.69) is 23.6 Å². The predicted octanol–water partition coefficient (Wildman–Crippen LogP) is 3.68. The molecule has 1 heterocycles. The van der Waals surface area contributed by atoms with E-state index < -0.39 is 0 Å². The zero-order chi connectivity index (χ0) is 18.4. The van der Waals surface area contributed by atoms with E-state index in [-0.39, 0.29) is 12.4 Å². The standard InChI is InChI=1S/C18H28N2O3S2.ClH/c1-13(2)25-18(24)20-8-6-19(7-9-20)12-14-10-15(21-3)17(23-5)16(11-14)22-4;/h10-11,13H,6-9,12H2,1-5H3;1H. The van der Waals surface area contributed by atoms with Crippen molar-refractivity contribution in [2.24, 2.45) is 0 Å². The first-order valence-corrected chi connectivity index (χ1v) is 9.74. The van der Waals surface area contributed by atoms with Crippen molar-refractivity contribution in [1.29, 1.82) is 0 Å². The minimum Gasteiger partial charge on any atom is -0.493 e. The Morgan fingerprint density at radius 1 is 1.04 bits per heavy atom. The first-order chi connectivity index (χ1) is 12.0. The topological polar surface area (TPSA) is 34.2 Å². The van der Waals surface area contributed by atoms with Gasteiger partial charge in [-0.15, -0.1) is 12.4 Å². The number of nitrogens with zero attached hydrogens (tertiary/aromatic N) is 2. The van der Waals surface area contributed by atoms with Crippen molar-refractivity contribution in [3.8, 4) is 17.2 Å². The maximum Gasteiger partial charge on any atom is 0.203 e. The second-order valence-electron chi connectivity index (χ2n) is 6.23. The molecule has 0 radical (unpaired) electrons. The van der Waals surface area contributed by atoms with Gasteiger partial charge < -0.3 is 19.1 Å². The van der Waals surface area contributed by atoms with Crippen molar-refractivity contribution >= 4 is 40.7 Å². The Morgan fingerprint density at radius 2 is 1.58 bits per heavy atom. The molecular formula is C18H29ClN2O3S2. The quantitative estimate of drug-likeness (QED) is 0.649. The number of thiocarbonyl (C=S) groups is 1. The molecule has 0 spiro atoms. The monoisotopic (exact) mass is 420 g/mol. The molecule has 0 atom stereocenters. The van der Waals surface area contributed by atoms with Crippen LogP contribution in [-0.2, 0) is 6.54 Å². The highest BCUT2D eigenvalue weighted by molar-refractivity contribution is 8.23. The molecule has 0 N–H and O–H groups in total. The minimum absolute atomic E-state index is 0. The fraction of sp³-hybridized carbons (Fsp3) is 0.611. The highest BCUT2D eigenvalue weighted by atomic mass is 35.5. The smallest absolute Gasteiger partial charge is 0.203 e. The molecule has 0 saturated carbocycles. The van der Waals surface area contributed by atoms with Crippen LogP contribution in [0.2, 0.25) is 0 Å². The van der Waals surface area contributed by atoms with Crippen molar-refractivity contribution in [2.75, 3.05) is 47.5 Å². The SMILES string of the molecule is COc1cc(CN2CCN(C(=S)SC(C)C)CC2)cc(OC)c1OC.Cl. The molecule has 0 bridgehead atoms. The van der Waals surface area contributed by atoms with E-state index in [1.165, 1.54) is 0 Å². The van der Waals surface area contributed by atoms with Crippen LogP contribution >= 0.6 is 36.4 Å². The van der Waals surface area contributed by atoms with Gasteiger partial charge >= 0.3 is 0 Å². The van der Waals surface area contributed by atoms with Crippen molar-refractivity contribution < 1.29 is 14.2 Å². The summed E-state index contributed by atoms with van der Waals surface area (Å²) in [6, 6.07) is 4.04. The Labute approximate surface area is 172 Å².